The van der Waals surface area contributed by atoms with Gasteiger partial charge in [0.25, 0.3) is 5.91 Å². The predicted octanol–water partition coefficient (Wildman–Crippen LogP) is 3.38. The minimum absolute atomic E-state index is 0.0897. The first-order valence-corrected chi connectivity index (χ1v) is 5.79. The summed E-state index contributed by atoms with van der Waals surface area (Å²) in [4.78, 5) is 10.9. The van der Waals surface area contributed by atoms with Crippen LogP contribution < -0.4 is 10.1 Å². The molecule has 16 heavy (non-hydrogen) atoms. The molecule has 0 aliphatic carbocycles. The van der Waals surface area contributed by atoms with E-state index in [1.54, 1.807) is 0 Å². The van der Waals surface area contributed by atoms with Crippen molar-refractivity contribution >= 4 is 11.6 Å². The molecule has 0 saturated heterocycles. The van der Waals surface area contributed by atoms with Gasteiger partial charge in [0.05, 0.1) is 5.69 Å². The van der Waals surface area contributed by atoms with Crippen molar-refractivity contribution in [3.63, 3.8) is 0 Å². The normalized spacial score (nSPS) is 11.7. The first-order valence-electron chi connectivity index (χ1n) is 5.79. The Kier molecular flexibility index (Phi) is 7.01. The van der Waals surface area contributed by atoms with Gasteiger partial charge in [-0.05, 0) is 24.6 Å². The SMILES string of the molecule is CC.CC.Cc1ccc2c(c1)NC(=O)CO2. The van der Waals surface area contributed by atoms with Gasteiger partial charge in [0.1, 0.15) is 5.75 Å². The van der Waals surface area contributed by atoms with E-state index in [1.165, 1.54) is 0 Å². The van der Waals surface area contributed by atoms with Crippen LogP contribution in [0.25, 0.3) is 0 Å². The van der Waals surface area contributed by atoms with E-state index in [0.29, 0.717) is 0 Å². The molecule has 1 aromatic rings. The molecule has 0 radical (unpaired) electrons. The largest absolute Gasteiger partial charge is 0.482 e. The summed E-state index contributed by atoms with van der Waals surface area (Å²) in [6.07, 6.45) is 0. The Balaban J connectivity index is 0.000000509. The number of fused-ring (bicyclic) bond motifs is 1. The van der Waals surface area contributed by atoms with Crippen LogP contribution in [0.15, 0.2) is 18.2 Å². The second-order valence-electron chi connectivity index (χ2n) is 2.84. The van der Waals surface area contributed by atoms with E-state index < -0.39 is 0 Å². The fourth-order valence-corrected chi connectivity index (χ4v) is 1.20. The van der Waals surface area contributed by atoms with Crippen molar-refractivity contribution in [2.45, 2.75) is 34.6 Å². The van der Waals surface area contributed by atoms with Crippen LogP contribution in [0.1, 0.15) is 33.3 Å². The number of ether oxygens (including phenoxy) is 1. The molecule has 0 bridgehead atoms. The number of hydrogen-bond donors (Lipinski definition) is 1. The van der Waals surface area contributed by atoms with Crippen LogP contribution >= 0.6 is 0 Å². The van der Waals surface area contributed by atoms with E-state index in [0.717, 1.165) is 17.0 Å². The van der Waals surface area contributed by atoms with Gasteiger partial charge in [-0.3, -0.25) is 4.79 Å². The number of amides is 1. The summed E-state index contributed by atoms with van der Waals surface area (Å²) < 4.78 is 5.18. The summed E-state index contributed by atoms with van der Waals surface area (Å²) >= 11 is 0. The fraction of sp³-hybridized carbons (Fsp3) is 0.462. The average Bonchev–Trinajstić information content (AvgIpc) is 2.33. The maximum absolute atomic E-state index is 10.9. The second-order valence-corrected chi connectivity index (χ2v) is 2.84. The zero-order chi connectivity index (χ0) is 12.6. The molecule has 0 spiro atoms. The van der Waals surface area contributed by atoms with E-state index in [1.807, 2.05) is 52.8 Å². The predicted molar refractivity (Wildman–Crippen MR) is 68.0 cm³/mol. The summed E-state index contributed by atoms with van der Waals surface area (Å²) in [6.45, 7) is 10.1. The fourth-order valence-electron chi connectivity index (χ4n) is 1.20. The Labute approximate surface area is 97.8 Å². The van der Waals surface area contributed by atoms with Gasteiger partial charge < -0.3 is 10.1 Å². The first kappa shape index (κ1) is 14.5. The van der Waals surface area contributed by atoms with E-state index >= 15 is 0 Å². The van der Waals surface area contributed by atoms with Gasteiger partial charge in [-0.25, -0.2) is 0 Å². The summed E-state index contributed by atoms with van der Waals surface area (Å²) in [5.41, 5.74) is 1.88. The topological polar surface area (TPSA) is 38.3 Å². The number of rotatable bonds is 0. The number of aryl methyl sites for hydroxylation is 1. The van der Waals surface area contributed by atoms with Gasteiger partial charge in [-0.15, -0.1) is 0 Å². The van der Waals surface area contributed by atoms with E-state index in [2.05, 4.69) is 5.32 Å². The molecule has 1 aromatic carbocycles. The molecular formula is C13H21NO2. The summed E-state index contributed by atoms with van der Waals surface area (Å²) in [6, 6.07) is 5.72. The average molecular weight is 223 g/mol. The number of carbonyl (C=O) groups excluding carboxylic acids is 1. The number of benzene rings is 1. The number of carbonyl (C=O) groups is 1. The Morgan fingerprint density at radius 1 is 1.19 bits per heavy atom. The van der Waals surface area contributed by atoms with E-state index in [9.17, 15) is 4.79 Å². The van der Waals surface area contributed by atoms with Gasteiger partial charge >= 0.3 is 0 Å². The van der Waals surface area contributed by atoms with E-state index in [-0.39, 0.29) is 12.5 Å². The highest BCUT2D eigenvalue weighted by Crippen LogP contribution is 2.27. The third-order valence-electron chi connectivity index (χ3n) is 1.77. The minimum atomic E-state index is -0.0897. The van der Waals surface area contributed by atoms with Crippen molar-refractivity contribution in [1.82, 2.24) is 0 Å². The molecule has 90 valence electrons. The van der Waals surface area contributed by atoms with Crippen molar-refractivity contribution < 1.29 is 9.53 Å². The second kappa shape index (κ2) is 7.74. The van der Waals surface area contributed by atoms with Gasteiger partial charge in [-0.1, -0.05) is 33.8 Å². The highest BCUT2D eigenvalue weighted by atomic mass is 16.5. The third kappa shape index (κ3) is 3.93. The lowest BCUT2D eigenvalue weighted by molar-refractivity contribution is -0.118. The molecule has 1 heterocycles. The Bertz CT molecular complexity index is 335. The monoisotopic (exact) mass is 223 g/mol. The van der Waals surface area contributed by atoms with E-state index in [4.69, 9.17) is 4.74 Å². The molecule has 0 saturated carbocycles. The van der Waals surface area contributed by atoms with Crippen LogP contribution in [-0.2, 0) is 4.79 Å². The van der Waals surface area contributed by atoms with Crippen LogP contribution in [0.3, 0.4) is 0 Å². The standard InChI is InChI=1S/C9H9NO2.2C2H6/c1-6-2-3-8-7(4-6)10-9(11)5-12-8;2*1-2/h2-4H,5H2,1H3,(H,10,11);2*1-2H3. The molecule has 1 aliphatic heterocycles. The lowest BCUT2D eigenvalue weighted by atomic mass is 10.2. The summed E-state index contributed by atoms with van der Waals surface area (Å²) in [7, 11) is 0. The van der Waals surface area contributed by atoms with Gasteiger partial charge in [0, 0.05) is 0 Å². The van der Waals surface area contributed by atoms with Gasteiger partial charge in [0.2, 0.25) is 0 Å². The minimum Gasteiger partial charge on any atom is -0.482 e. The molecule has 1 amide bonds. The van der Waals surface area contributed by atoms with Gasteiger partial charge in [-0.2, -0.15) is 0 Å². The number of anilines is 1. The Hall–Kier alpha value is -1.51. The highest BCUT2D eigenvalue weighted by Gasteiger charge is 2.14. The zero-order valence-corrected chi connectivity index (χ0v) is 10.8. The molecule has 0 aromatic heterocycles. The van der Waals surface area contributed by atoms with Crippen molar-refractivity contribution in [3.8, 4) is 5.75 Å². The lowest BCUT2D eigenvalue weighted by Crippen LogP contribution is -2.25. The first-order chi connectivity index (χ1) is 7.75. The lowest BCUT2D eigenvalue weighted by Gasteiger charge is -2.17. The van der Waals surface area contributed by atoms with Crippen LogP contribution in [0, 0.1) is 6.92 Å². The molecule has 1 aliphatic rings. The molecule has 0 fully saturated rings. The van der Waals surface area contributed by atoms with Crippen LogP contribution in [0.5, 0.6) is 5.75 Å². The molecule has 0 atom stereocenters. The maximum Gasteiger partial charge on any atom is 0.262 e. The highest BCUT2D eigenvalue weighted by molar-refractivity contribution is 5.95. The number of hydrogen-bond acceptors (Lipinski definition) is 2. The quantitative estimate of drug-likeness (QED) is 0.732. The van der Waals surface area contributed by atoms with Crippen molar-refractivity contribution in [2.75, 3.05) is 11.9 Å². The third-order valence-corrected chi connectivity index (χ3v) is 1.77. The number of nitrogens with one attached hydrogen (secondary N) is 1. The van der Waals surface area contributed by atoms with Crippen LogP contribution in [-0.4, -0.2) is 12.5 Å². The summed E-state index contributed by atoms with van der Waals surface area (Å²) in [5, 5.41) is 2.74. The zero-order valence-electron chi connectivity index (χ0n) is 10.8. The van der Waals surface area contributed by atoms with Crippen molar-refractivity contribution in [1.29, 1.82) is 0 Å². The van der Waals surface area contributed by atoms with Crippen molar-refractivity contribution in [3.05, 3.63) is 23.8 Å². The summed E-state index contributed by atoms with van der Waals surface area (Å²) in [5.74, 6) is 0.660. The molecule has 3 nitrogen and oxygen atoms in total. The van der Waals surface area contributed by atoms with Crippen LogP contribution in [0.4, 0.5) is 5.69 Å². The maximum atomic E-state index is 10.9. The molecule has 1 N–H and O–H groups in total. The van der Waals surface area contributed by atoms with Crippen molar-refractivity contribution in [2.24, 2.45) is 0 Å². The van der Waals surface area contributed by atoms with Gasteiger partial charge in [0.15, 0.2) is 6.61 Å². The Morgan fingerprint density at radius 2 is 1.81 bits per heavy atom. The molecular weight excluding hydrogens is 202 g/mol. The smallest absolute Gasteiger partial charge is 0.262 e. The van der Waals surface area contributed by atoms with Crippen LogP contribution in [0.2, 0.25) is 0 Å². The molecule has 3 heteroatoms. The Morgan fingerprint density at radius 3 is 2.44 bits per heavy atom. The molecule has 2 rings (SSSR count). The molecule has 0 unspecified atom stereocenters.